The molecule has 0 radical (unpaired) electrons. The number of hydrogen-bond acceptors (Lipinski definition) is 2. The van der Waals surface area contributed by atoms with E-state index in [0.717, 1.165) is 42.6 Å². The Hall–Kier alpha value is -0.160. The first-order valence-corrected chi connectivity index (χ1v) is 6.42. The van der Waals surface area contributed by atoms with Gasteiger partial charge in [0.05, 0.1) is 0 Å². The molecule has 0 aliphatic carbocycles. The van der Waals surface area contributed by atoms with Crippen LogP contribution in [0.3, 0.4) is 0 Å². The van der Waals surface area contributed by atoms with Crippen LogP contribution in [0.1, 0.15) is 12.0 Å². The van der Waals surface area contributed by atoms with Gasteiger partial charge in [0.25, 0.3) is 0 Å². The zero-order chi connectivity index (χ0) is 11.4. The molecule has 1 aliphatic rings. The summed E-state index contributed by atoms with van der Waals surface area (Å²) in [5.41, 5.74) is 0.774. The van der Waals surface area contributed by atoms with Gasteiger partial charge in [-0.2, -0.15) is 0 Å². The Bertz CT molecular complexity index is 354. The fraction of sp³-hybridized carbons (Fsp3) is 0.500. The van der Waals surface area contributed by atoms with Crippen molar-refractivity contribution in [2.75, 3.05) is 26.2 Å². The van der Waals surface area contributed by atoms with Crippen LogP contribution in [-0.4, -0.2) is 31.1 Å². The molecule has 1 aromatic carbocycles. The third kappa shape index (κ3) is 4.54. The van der Waals surface area contributed by atoms with Crippen molar-refractivity contribution in [2.24, 2.45) is 0 Å². The Morgan fingerprint density at radius 3 is 2.94 bits per heavy atom. The van der Waals surface area contributed by atoms with Crippen LogP contribution in [0.15, 0.2) is 22.7 Å². The molecule has 0 unspecified atom stereocenters. The zero-order valence-corrected chi connectivity index (χ0v) is 12.0. The third-order valence-corrected chi connectivity index (χ3v) is 3.33. The first-order chi connectivity index (χ1) is 7.75. The van der Waals surface area contributed by atoms with Crippen molar-refractivity contribution in [2.45, 2.75) is 13.0 Å². The summed E-state index contributed by atoms with van der Waals surface area (Å²) in [4.78, 5) is 2.30. The topological polar surface area (TPSA) is 15.3 Å². The summed E-state index contributed by atoms with van der Waals surface area (Å²) < 4.78 is 14.5. The van der Waals surface area contributed by atoms with Gasteiger partial charge in [0.15, 0.2) is 0 Å². The Balaban J connectivity index is 0.00000144. The molecule has 0 atom stereocenters. The largest absolute Gasteiger partial charge is 0.315 e. The number of hydrogen-bond donors (Lipinski definition) is 1. The summed E-state index contributed by atoms with van der Waals surface area (Å²) in [6.07, 6.45) is 1.13. The van der Waals surface area contributed by atoms with E-state index in [4.69, 9.17) is 0 Å². The molecule has 1 aliphatic heterocycles. The van der Waals surface area contributed by atoms with Crippen LogP contribution in [-0.2, 0) is 6.54 Å². The van der Waals surface area contributed by atoms with Gasteiger partial charge in [-0.15, -0.1) is 12.4 Å². The van der Waals surface area contributed by atoms with Crippen molar-refractivity contribution in [1.82, 2.24) is 10.2 Å². The van der Waals surface area contributed by atoms with Crippen molar-refractivity contribution in [3.05, 3.63) is 34.1 Å². The van der Waals surface area contributed by atoms with Gasteiger partial charge in [-0.3, -0.25) is 4.90 Å². The predicted molar refractivity (Wildman–Crippen MR) is 74.1 cm³/mol. The van der Waals surface area contributed by atoms with Gasteiger partial charge >= 0.3 is 0 Å². The van der Waals surface area contributed by atoms with Crippen molar-refractivity contribution in [3.8, 4) is 0 Å². The molecular weight excluding hydrogens is 307 g/mol. The van der Waals surface area contributed by atoms with Crippen LogP contribution in [0.4, 0.5) is 4.39 Å². The number of rotatable bonds is 2. The van der Waals surface area contributed by atoms with Gasteiger partial charge in [0.2, 0.25) is 0 Å². The second-order valence-corrected chi connectivity index (χ2v) is 5.03. The Kier molecular flexibility index (Phi) is 6.41. The highest BCUT2D eigenvalue weighted by atomic mass is 79.9. The molecule has 5 heteroatoms. The second-order valence-electron chi connectivity index (χ2n) is 4.12. The Labute approximate surface area is 116 Å². The fourth-order valence-electron chi connectivity index (χ4n) is 1.97. The van der Waals surface area contributed by atoms with Crippen LogP contribution >= 0.6 is 28.3 Å². The lowest BCUT2D eigenvalue weighted by atomic mass is 10.2. The molecule has 0 saturated carbocycles. The molecular formula is C12H17BrClFN2. The van der Waals surface area contributed by atoms with Gasteiger partial charge in [0.1, 0.15) is 5.82 Å². The molecule has 0 bridgehead atoms. The number of nitrogens with zero attached hydrogens (tertiary/aromatic N) is 1. The van der Waals surface area contributed by atoms with Crippen LogP contribution in [0, 0.1) is 5.82 Å². The van der Waals surface area contributed by atoms with Crippen molar-refractivity contribution < 1.29 is 4.39 Å². The van der Waals surface area contributed by atoms with Crippen LogP contribution in [0.2, 0.25) is 0 Å². The van der Waals surface area contributed by atoms with Crippen LogP contribution in [0.25, 0.3) is 0 Å². The maximum absolute atomic E-state index is 13.6. The molecule has 2 nitrogen and oxygen atoms in total. The van der Waals surface area contributed by atoms with Gasteiger partial charge in [-0.1, -0.05) is 15.9 Å². The Morgan fingerprint density at radius 2 is 2.12 bits per heavy atom. The zero-order valence-electron chi connectivity index (χ0n) is 9.59. The molecule has 1 saturated heterocycles. The first kappa shape index (κ1) is 14.9. The summed E-state index contributed by atoms with van der Waals surface area (Å²) in [7, 11) is 0. The van der Waals surface area contributed by atoms with Gasteiger partial charge in [-0.25, -0.2) is 4.39 Å². The van der Waals surface area contributed by atoms with E-state index in [0.29, 0.717) is 6.54 Å². The molecule has 0 amide bonds. The van der Waals surface area contributed by atoms with Crippen molar-refractivity contribution >= 4 is 28.3 Å². The maximum Gasteiger partial charge on any atom is 0.127 e. The molecule has 96 valence electrons. The highest BCUT2D eigenvalue weighted by molar-refractivity contribution is 9.10. The molecule has 1 fully saturated rings. The Morgan fingerprint density at radius 1 is 1.29 bits per heavy atom. The van der Waals surface area contributed by atoms with Crippen molar-refractivity contribution in [3.63, 3.8) is 0 Å². The minimum absolute atomic E-state index is 0. The number of benzene rings is 1. The minimum Gasteiger partial charge on any atom is -0.315 e. The minimum atomic E-state index is -0.111. The molecule has 2 rings (SSSR count). The summed E-state index contributed by atoms with van der Waals surface area (Å²) in [5, 5.41) is 3.34. The molecule has 17 heavy (non-hydrogen) atoms. The van der Waals surface area contributed by atoms with E-state index in [9.17, 15) is 4.39 Å². The normalized spacial score (nSPS) is 17.3. The van der Waals surface area contributed by atoms with Crippen LogP contribution < -0.4 is 5.32 Å². The predicted octanol–water partition coefficient (Wildman–Crippen LogP) is 2.81. The summed E-state index contributed by atoms with van der Waals surface area (Å²) in [5.74, 6) is -0.111. The molecule has 0 spiro atoms. The quantitative estimate of drug-likeness (QED) is 0.900. The lowest BCUT2D eigenvalue weighted by molar-refractivity contribution is 0.280. The molecule has 0 aromatic heterocycles. The summed E-state index contributed by atoms with van der Waals surface area (Å²) >= 11 is 3.38. The average molecular weight is 324 g/mol. The smallest absolute Gasteiger partial charge is 0.127 e. The summed E-state index contributed by atoms with van der Waals surface area (Å²) in [6.45, 7) is 4.80. The highest BCUT2D eigenvalue weighted by Crippen LogP contribution is 2.17. The van der Waals surface area contributed by atoms with Crippen molar-refractivity contribution in [1.29, 1.82) is 0 Å². The van der Waals surface area contributed by atoms with Gasteiger partial charge in [0, 0.05) is 29.7 Å². The maximum atomic E-state index is 13.6. The molecule has 1 N–H and O–H groups in total. The van der Waals surface area contributed by atoms with E-state index in [1.807, 2.05) is 6.07 Å². The average Bonchev–Trinajstić information content (AvgIpc) is 2.52. The standard InChI is InChI=1S/C12H16BrFN2.ClH/c13-11-2-3-12(14)10(8-11)9-16-6-1-4-15-5-7-16;/h2-3,8,15H,1,4-7,9H2;1H. The van der Waals surface area contributed by atoms with E-state index >= 15 is 0 Å². The third-order valence-electron chi connectivity index (χ3n) is 2.83. The second kappa shape index (κ2) is 7.31. The van der Waals surface area contributed by atoms with E-state index in [-0.39, 0.29) is 18.2 Å². The molecule has 1 heterocycles. The van der Waals surface area contributed by atoms with Gasteiger partial charge < -0.3 is 5.32 Å². The SMILES string of the molecule is Cl.Fc1ccc(Br)cc1CN1CCCNCC1. The van der Waals surface area contributed by atoms with Crippen LogP contribution in [0.5, 0.6) is 0 Å². The fourth-order valence-corrected chi connectivity index (χ4v) is 2.37. The monoisotopic (exact) mass is 322 g/mol. The summed E-state index contributed by atoms with van der Waals surface area (Å²) in [6, 6.07) is 5.13. The number of halogens is 3. The van der Waals surface area contributed by atoms with Gasteiger partial charge in [-0.05, 0) is 37.7 Å². The van der Waals surface area contributed by atoms with E-state index in [1.165, 1.54) is 6.07 Å². The molecule has 1 aromatic rings. The lowest BCUT2D eigenvalue weighted by Crippen LogP contribution is -2.28. The first-order valence-electron chi connectivity index (χ1n) is 5.63. The van der Waals surface area contributed by atoms with E-state index in [1.54, 1.807) is 6.07 Å². The van der Waals surface area contributed by atoms with E-state index < -0.39 is 0 Å². The number of nitrogens with one attached hydrogen (secondary N) is 1. The highest BCUT2D eigenvalue weighted by Gasteiger charge is 2.11. The van der Waals surface area contributed by atoms with E-state index in [2.05, 4.69) is 26.1 Å². The lowest BCUT2D eigenvalue weighted by Gasteiger charge is -2.19.